The first-order valence-corrected chi connectivity index (χ1v) is 8.91. The minimum atomic E-state index is -4.05. The molecule has 3 aromatic rings. The van der Waals surface area contributed by atoms with Gasteiger partial charge in [-0.05, 0) is 31.2 Å². The lowest BCUT2D eigenvalue weighted by Gasteiger charge is -2.05. The van der Waals surface area contributed by atoms with Crippen LogP contribution in [0, 0.1) is 10.1 Å². The monoisotopic (exact) mass is 374 g/mol. The largest absolute Gasteiger partial charge is 0.455 e. The number of hydrogen-bond acceptors (Lipinski definition) is 7. The molecule has 1 heterocycles. The van der Waals surface area contributed by atoms with Crippen LogP contribution in [0.5, 0.6) is 0 Å². The third-order valence-corrected chi connectivity index (χ3v) is 4.53. The lowest BCUT2D eigenvalue weighted by atomic mass is 10.2. The number of sulfonamides is 1. The van der Waals surface area contributed by atoms with E-state index in [1.807, 2.05) is 24.3 Å². The Bertz CT molecular complexity index is 1100. The van der Waals surface area contributed by atoms with E-state index >= 15 is 0 Å². The van der Waals surface area contributed by atoms with Gasteiger partial charge < -0.3 is 4.42 Å². The van der Waals surface area contributed by atoms with Crippen molar-refractivity contribution in [1.82, 2.24) is 0 Å². The number of nitrogens with two attached hydrogens (primary N) is 1. The van der Waals surface area contributed by atoms with Crippen molar-refractivity contribution in [2.24, 2.45) is 10.2 Å². The summed E-state index contributed by atoms with van der Waals surface area (Å²) in [4.78, 5) is 10.1. The zero-order valence-electron chi connectivity index (χ0n) is 13.5. The number of nitrogens with one attached hydrogen (secondary N) is 1. The Morgan fingerprint density at radius 1 is 1.23 bits per heavy atom. The van der Waals surface area contributed by atoms with E-state index in [1.165, 1.54) is 6.07 Å². The van der Waals surface area contributed by atoms with Gasteiger partial charge in [0, 0.05) is 11.5 Å². The predicted molar refractivity (Wildman–Crippen MR) is 96.5 cm³/mol. The molecule has 9 nitrogen and oxygen atoms in total. The molecule has 0 saturated heterocycles. The van der Waals surface area contributed by atoms with Gasteiger partial charge in [-0.3, -0.25) is 15.5 Å². The summed E-state index contributed by atoms with van der Waals surface area (Å²) >= 11 is 0. The van der Waals surface area contributed by atoms with Gasteiger partial charge in [0.15, 0.2) is 5.76 Å². The van der Waals surface area contributed by atoms with Crippen molar-refractivity contribution in [2.75, 3.05) is 5.43 Å². The molecule has 0 unspecified atom stereocenters. The highest BCUT2D eigenvalue weighted by molar-refractivity contribution is 7.89. The van der Waals surface area contributed by atoms with E-state index in [-0.39, 0.29) is 10.6 Å². The summed E-state index contributed by atoms with van der Waals surface area (Å²) in [6.07, 6.45) is 0. The standard InChI is InChI=1S/C16H14N4O5S/c1-10(16-8-11-4-2-3-5-15(11)25-16)18-19-13-7-6-12(26(17,23)24)9-14(13)20(21)22/h2-9,19H,1H3,(H2,17,23,24). The second kappa shape index (κ2) is 6.58. The Labute approximate surface area is 148 Å². The Hall–Kier alpha value is -3.24. The van der Waals surface area contributed by atoms with E-state index in [9.17, 15) is 18.5 Å². The number of nitrogens with zero attached hydrogens (tertiary/aromatic N) is 2. The molecule has 3 N–H and O–H groups in total. The number of hydrogen-bond donors (Lipinski definition) is 2. The van der Waals surface area contributed by atoms with Gasteiger partial charge >= 0.3 is 0 Å². The highest BCUT2D eigenvalue weighted by Crippen LogP contribution is 2.27. The summed E-state index contributed by atoms with van der Waals surface area (Å²) < 4.78 is 28.4. The van der Waals surface area contributed by atoms with E-state index in [0.717, 1.165) is 17.5 Å². The third kappa shape index (κ3) is 3.55. The van der Waals surface area contributed by atoms with Crippen LogP contribution in [0.15, 0.2) is 62.9 Å². The Morgan fingerprint density at radius 2 is 1.96 bits per heavy atom. The maximum Gasteiger partial charge on any atom is 0.295 e. The van der Waals surface area contributed by atoms with E-state index < -0.39 is 20.6 Å². The van der Waals surface area contributed by atoms with Crippen LogP contribution in [0.2, 0.25) is 0 Å². The zero-order valence-corrected chi connectivity index (χ0v) is 14.4. The van der Waals surface area contributed by atoms with Crippen LogP contribution in [0.25, 0.3) is 11.0 Å². The van der Waals surface area contributed by atoms with E-state index in [2.05, 4.69) is 10.5 Å². The summed E-state index contributed by atoms with van der Waals surface area (Å²) in [5.74, 6) is 0.502. The van der Waals surface area contributed by atoms with Crippen LogP contribution in [0.4, 0.5) is 11.4 Å². The summed E-state index contributed by atoms with van der Waals surface area (Å²) in [6, 6.07) is 12.5. The predicted octanol–water partition coefficient (Wildman–Crippen LogP) is 2.82. The van der Waals surface area contributed by atoms with Gasteiger partial charge in [-0.1, -0.05) is 18.2 Å². The second-order valence-electron chi connectivity index (χ2n) is 5.44. The lowest BCUT2D eigenvalue weighted by Crippen LogP contribution is -2.12. The van der Waals surface area contributed by atoms with Crippen LogP contribution < -0.4 is 10.6 Å². The number of benzene rings is 2. The number of nitro groups is 1. The minimum absolute atomic E-state index is 0.0258. The fourth-order valence-electron chi connectivity index (χ4n) is 2.29. The molecule has 0 aliphatic rings. The minimum Gasteiger partial charge on any atom is -0.455 e. The van der Waals surface area contributed by atoms with Crippen molar-refractivity contribution in [3.63, 3.8) is 0 Å². The van der Waals surface area contributed by atoms with Gasteiger partial charge in [0.05, 0.1) is 9.82 Å². The van der Waals surface area contributed by atoms with Gasteiger partial charge in [0.2, 0.25) is 10.0 Å². The molecule has 0 aliphatic heterocycles. The van der Waals surface area contributed by atoms with Crippen molar-refractivity contribution in [1.29, 1.82) is 0 Å². The molecule has 2 aromatic carbocycles. The maximum atomic E-state index is 11.4. The van der Waals surface area contributed by atoms with Gasteiger partial charge in [0.25, 0.3) is 5.69 Å². The molecule has 0 amide bonds. The third-order valence-electron chi connectivity index (χ3n) is 3.62. The molecule has 3 rings (SSSR count). The average Bonchev–Trinajstić information content (AvgIpc) is 3.02. The van der Waals surface area contributed by atoms with Crippen LogP contribution in [-0.2, 0) is 10.0 Å². The molecule has 0 radical (unpaired) electrons. The molecule has 0 aliphatic carbocycles. The number of para-hydroxylation sites is 1. The fraction of sp³-hybridized carbons (Fsp3) is 0.0625. The van der Waals surface area contributed by atoms with E-state index in [0.29, 0.717) is 17.1 Å². The average molecular weight is 374 g/mol. The normalized spacial score (nSPS) is 12.3. The Kier molecular flexibility index (Phi) is 4.45. The van der Waals surface area contributed by atoms with Gasteiger partial charge in [0.1, 0.15) is 17.0 Å². The molecule has 0 bridgehead atoms. The first-order valence-electron chi connectivity index (χ1n) is 7.36. The van der Waals surface area contributed by atoms with Crippen molar-refractivity contribution in [2.45, 2.75) is 11.8 Å². The summed E-state index contributed by atoms with van der Waals surface area (Å²) in [6.45, 7) is 1.68. The lowest BCUT2D eigenvalue weighted by molar-refractivity contribution is -0.384. The summed E-state index contributed by atoms with van der Waals surface area (Å²) in [5, 5.41) is 21.2. The van der Waals surface area contributed by atoms with Crippen LogP contribution >= 0.6 is 0 Å². The van der Waals surface area contributed by atoms with Crippen molar-refractivity contribution in [3.05, 3.63) is 64.4 Å². The van der Waals surface area contributed by atoms with Crippen LogP contribution in [0.1, 0.15) is 12.7 Å². The zero-order chi connectivity index (χ0) is 18.9. The topological polar surface area (TPSA) is 141 Å². The number of anilines is 1. The number of nitro benzene ring substituents is 1. The molecule has 1 aromatic heterocycles. The number of primary sulfonamides is 1. The van der Waals surface area contributed by atoms with Crippen molar-refractivity contribution in [3.8, 4) is 0 Å². The highest BCUT2D eigenvalue weighted by atomic mass is 32.2. The summed E-state index contributed by atoms with van der Waals surface area (Å²) in [7, 11) is -4.05. The second-order valence-corrected chi connectivity index (χ2v) is 7.00. The smallest absolute Gasteiger partial charge is 0.295 e. The number of rotatable bonds is 5. The number of furan rings is 1. The molecule has 0 atom stereocenters. The molecule has 10 heteroatoms. The molecule has 134 valence electrons. The van der Waals surface area contributed by atoms with Crippen LogP contribution in [-0.4, -0.2) is 19.1 Å². The molecule has 26 heavy (non-hydrogen) atoms. The number of fused-ring (bicyclic) bond motifs is 1. The van der Waals surface area contributed by atoms with Gasteiger partial charge in [-0.25, -0.2) is 13.6 Å². The SMILES string of the molecule is CC(=NNc1ccc(S(N)(=O)=O)cc1[N+](=O)[O-])c1cc2ccccc2o1. The Balaban J connectivity index is 1.92. The quantitative estimate of drug-likeness (QED) is 0.399. The summed E-state index contributed by atoms with van der Waals surface area (Å²) in [5.41, 5.74) is 3.29. The van der Waals surface area contributed by atoms with Crippen molar-refractivity contribution >= 4 is 38.1 Å². The highest BCUT2D eigenvalue weighted by Gasteiger charge is 2.19. The van der Waals surface area contributed by atoms with E-state index in [1.54, 1.807) is 13.0 Å². The fourth-order valence-corrected chi connectivity index (χ4v) is 2.83. The maximum absolute atomic E-state index is 11.4. The molecule has 0 fully saturated rings. The first kappa shape index (κ1) is 17.6. The molecular formula is C16H14N4O5S. The van der Waals surface area contributed by atoms with Crippen molar-refractivity contribution < 1.29 is 17.8 Å². The number of hydrazone groups is 1. The molecular weight excluding hydrogens is 360 g/mol. The van der Waals surface area contributed by atoms with Gasteiger partial charge in [-0.2, -0.15) is 5.10 Å². The van der Waals surface area contributed by atoms with Crippen LogP contribution in [0.3, 0.4) is 0 Å². The molecule has 0 spiro atoms. The van der Waals surface area contributed by atoms with Gasteiger partial charge in [-0.15, -0.1) is 0 Å². The van der Waals surface area contributed by atoms with E-state index in [4.69, 9.17) is 9.56 Å². The Morgan fingerprint density at radius 3 is 2.62 bits per heavy atom. The first-order chi connectivity index (χ1) is 12.3. The molecule has 0 saturated carbocycles.